The molecular weight excluding hydrogens is 641 g/mol. The molecule has 0 aliphatic rings. The average molecular weight is 671 g/mol. The maximum Gasteiger partial charge on any atom is 0.264 e. The SMILES string of the molecule is CCNC(=O)C(C)N(Cc1c(Cl)cccc1Cl)C(=O)CN(c1ccc(C)cc1)S(=O)(=O)c1ccc(OC)c(Br)c1. The molecule has 3 aromatic rings. The third-order valence-corrected chi connectivity index (χ3v) is 9.32. The van der Waals surface area contributed by atoms with E-state index in [4.69, 9.17) is 27.9 Å². The standard InChI is InChI=1S/C28H30BrCl2N3O5S/c1-5-32-28(36)19(3)33(16-22-24(30)7-6-8-25(22)31)27(35)17-34(20-11-9-18(2)10-12-20)40(37,38)21-13-14-26(39-4)23(29)15-21/h6-15,19H,5,16-17H2,1-4H3,(H,32,36). The molecule has 0 aliphatic carbocycles. The summed E-state index contributed by atoms with van der Waals surface area (Å²) in [7, 11) is -2.77. The zero-order valence-corrected chi connectivity index (χ0v) is 26.4. The van der Waals surface area contributed by atoms with Crippen LogP contribution in [0.3, 0.4) is 0 Å². The van der Waals surface area contributed by atoms with Gasteiger partial charge in [-0.05, 0) is 79.2 Å². The van der Waals surface area contributed by atoms with Crippen LogP contribution in [-0.4, -0.2) is 51.4 Å². The van der Waals surface area contributed by atoms with Crippen molar-refractivity contribution in [3.8, 4) is 5.75 Å². The molecule has 3 aromatic carbocycles. The van der Waals surface area contributed by atoms with Crippen LogP contribution in [0.15, 0.2) is 70.0 Å². The van der Waals surface area contributed by atoms with Crippen LogP contribution in [0.25, 0.3) is 0 Å². The minimum Gasteiger partial charge on any atom is -0.496 e. The van der Waals surface area contributed by atoms with E-state index in [1.807, 2.05) is 6.92 Å². The molecule has 2 amide bonds. The van der Waals surface area contributed by atoms with Crippen molar-refractivity contribution < 1.29 is 22.7 Å². The minimum absolute atomic E-state index is 0.0500. The van der Waals surface area contributed by atoms with Gasteiger partial charge in [-0.1, -0.05) is 47.0 Å². The van der Waals surface area contributed by atoms with Crippen molar-refractivity contribution >= 4 is 66.7 Å². The molecule has 0 radical (unpaired) electrons. The molecule has 1 unspecified atom stereocenters. The fourth-order valence-electron chi connectivity index (χ4n) is 3.93. The smallest absolute Gasteiger partial charge is 0.264 e. The average Bonchev–Trinajstić information content (AvgIpc) is 2.91. The van der Waals surface area contributed by atoms with Crippen LogP contribution < -0.4 is 14.4 Å². The Labute approximate surface area is 253 Å². The zero-order valence-electron chi connectivity index (χ0n) is 22.4. The highest BCUT2D eigenvalue weighted by Crippen LogP contribution is 2.32. The molecule has 40 heavy (non-hydrogen) atoms. The predicted octanol–water partition coefficient (Wildman–Crippen LogP) is 5.82. The number of likely N-dealkylation sites (N-methyl/N-ethyl adjacent to an activating group) is 1. The largest absolute Gasteiger partial charge is 0.496 e. The Morgan fingerprint density at radius 3 is 2.23 bits per heavy atom. The number of halogens is 3. The van der Waals surface area contributed by atoms with Gasteiger partial charge in [0, 0.05) is 28.7 Å². The molecule has 3 rings (SSSR count). The van der Waals surface area contributed by atoms with E-state index in [2.05, 4.69) is 21.2 Å². The Bertz CT molecular complexity index is 1470. The van der Waals surface area contributed by atoms with Crippen molar-refractivity contribution in [1.29, 1.82) is 0 Å². The van der Waals surface area contributed by atoms with Crippen molar-refractivity contribution in [2.45, 2.75) is 38.3 Å². The topological polar surface area (TPSA) is 96.0 Å². The Balaban J connectivity index is 2.08. The van der Waals surface area contributed by atoms with Gasteiger partial charge in [0.05, 0.1) is 22.2 Å². The van der Waals surface area contributed by atoms with Crippen molar-refractivity contribution in [2.75, 3.05) is 24.5 Å². The number of ether oxygens (including phenoxy) is 1. The third-order valence-electron chi connectivity index (χ3n) is 6.22. The van der Waals surface area contributed by atoms with Gasteiger partial charge in [0.15, 0.2) is 0 Å². The van der Waals surface area contributed by atoms with Crippen LogP contribution in [0.2, 0.25) is 10.0 Å². The first kappa shape index (κ1) is 31.7. The fraction of sp³-hybridized carbons (Fsp3) is 0.286. The highest BCUT2D eigenvalue weighted by atomic mass is 79.9. The summed E-state index contributed by atoms with van der Waals surface area (Å²) < 4.78 is 34.6. The van der Waals surface area contributed by atoms with Gasteiger partial charge in [-0.15, -0.1) is 0 Å². The quantitative estimate of drug-likeness (QED) is 0.277. The van der Waals surface area contributed by atoms with Gasteiger partial charge in [0.2, 0.25) is 11.8 Å². The van der Waals surface area contributed by atoms with Crippen molar-refractivity contribution in [3.05, 3.63) is 86.3 Å². The first-order valence-electron chi connectivity index (χ1n) is 12.3. The molecule has 0 heterocycles. The summed E-state index contributed by atoms with van der Waals surface area (Å²) in [6, 6.07) is 15.1. The van der Waals surface area contributed by atoms with E-state index in [1.54, 1.807) is 56.3 Å². The minimum atomic E-state index is -4.24. The van der Waals surface area contributed by atoms with Gasteiger partial charge >= 0.3 is 0 Å². The molecule has 8 nitrogen and oxygen atoms in total. The van der Waals surface area contributed by atoms with Crippen LogP contribution in [0.5, 0.6) is 5.75 Å². The van der Waals surface area contributed by atoms with Gasteiger partial charge in [0.25, 0.3) is 10.0 Å². The molecular formula is C28H30BrCl2N3O5S. The number of benzene rings is 3. The summed E-state index contributed by atoms with van der Waals surface area (Å²) in [6.45, 7) is 4.87. The molecule has 0 saturated heterocycles. The number of hydrogen-bond donors (Lipinski definition) is 1. The maximum absolute atomic E-state index is 14.0. The maximum atomic E-state index is 14.0. The lowest BCUT2D eigenvalue weighted by Gasteiger charge is -2.32. The van der Waals surface area contributed by atoms with E-state index in [0.717, 1.165) is 9.87 Å². The van der Waals surface area contributed by atoms with Crippen LogP contribution in [0, 0.1) is 6.92 Å². The van der Waals surface area contributed by atoms with Crippen molar-refractivity contribution in [1.82, 2.24) is 10.2 Å². The van der Waals surface area contributed by atoms with Crippen LogP contribution >= 0.6 is 39.1 Å². The van der Waals surface area contributed by atoms with E-state index in [9.17, 15) is 18.0 Å². The number of nitrogens with one attached hydrogen (secondary N) is 1. The number of carbonyl (C=O) groups is 2. The number of hydrogen-bond acceptors (Lipinski definition) is 5. The summed E-state index contributed by atoms with van der Waals surface area (Å²) >= 11 is 16.1. The summed E-state index contributed by atoms with van der Waals surface area (Å²) in [6.07, 6.45) is 0. The number of nitrogens with zero attached hydrogens (tertiary/aromatic N) is 2. The molecule has 1 N–H and O–H groups in total. The number of carbonyl (C=O) groups excluding carboxylic acids is 2. The normalized spacial score (nSPS) is 12.0. The Morgan fingerprint density at radius 2 is 1.68 bits per heavy atom. The molecule has 0 fully saturated rings. The molecule has 12 heteroatoms. The molecule has 0 spiro atoms. The second-order valence-electron chi connectivity index (χ2n) is 8.94. The van der Waals surface area contributed by atoms with E-state index in [-0.39, 0.29) is 17.1 Å². The van der Waals surface area contributed by atoms with Crippen molar-refractivity contribution in [2.24, 2.45) is 0 Å². The Hall–Kier alpha value is -2.79. The van der Waals surface area contributed by atoms with E-state index >= 15 is 0 Å². The van der Waals surface area contributed by atoms with Gasteiger partial charge in [0.1, 0.15) is 18.3 Å². The summed E-state index contributed by atoms with van der Waals surface area (Å²) in [5, 5.41) is 3.35. The lowest BCUT2D eigenvalue weighted by molar-refractivity contribution is -0.139. The van der Waals surface area contributed by atoms with Crippen LogP contribution in [0.4, 0.5) is 5.69 Å². The van der Waals surface area contributed by atoms with Gasteiger partial charge < -0.3 is 15.0 Å². The van der Waals surface area contributed by atoms with E-state index in [1.165, 1.54) is 30.2 Å². The number of aryl methyl sites for hydroxylation is 1. The van der Waals surface area contributed by atoms with Crippen LogP contribution in [-0.2, 0) is 26.2 Å². The lowest BCUT2D eigenvalue weighted by atomic mass is 10.1. The van der Waals surface area contributed by atoms with E-state index in [0.29, 0.717) is 32.4 Å². The van der Waals surface area contributed by atoms with Gasteiger partial charge in [-0.2, -0.15) is 0 Å². The molecule has 0 aromatic heterocycles. The Kier molecular flexibility index (Phi) is 10.9. The van der Waals surface area contributed by atoms with Gasteiger partial charge in [-0.3, -0.25) is 13.9 Å². The van der Waals surface area contributed by atoms with Gasteiger partial charge in [-0.25, -0.2) is 8.42 Å². The van der Waals surface area contributed by atoms with Crippen molar-refractivity contribution in [3.63, 3.8) is 0 Å². The first-order valence-corrected chi connectivity index (χ1v) is 15.3. The predicted molar refractivity (Wildman–Crippen MR) is 162 cm³/mol. The summed E-state index contributed by atoms with van der Waals surface area (Å²) in [5.41, 5.74) is 1.64. The van der Waals surface area contributed by atoms with E-state index < -0.39 is 34.4 Å². The first-order chi connectivity index (χ1) is 18.9. The third kappa shape index (κ3) is 7.28. The number of sulfonamides is 1. The lowest BCUT2D eigenvalue weighted by Crippen LogP contribution is -2.51. The molecule has 0 aliphatic heterocycles. The monoisotopic (exact) mass is 669 g/mol. The highest BCUT2D eigenvalue weighted by Gasteiger charge is 2.33. The molecule has 1 atom stereocenters. The number of anilines is 1. The Morgan fingerprint density at radius 1 is 1.05 bits per heavy atom. The van der Waals surface area contributed by atoms with Crippen LogP contribution in [0.1, 0.15) is 25.0 Å². The second kappa shape index (κ2) is 13.7. The zero-order chi connectivity index (χ0) is 29.6. The highest BCUT2D eigenvalue weighted by molar-refractivity contribution is 9.10. The summed E-state index contributed by atoms with van der Waals surface area (Å²) in [4.78, 5) is 28.0. The molecule has 0 saturated carbocycles. The number of amides is 2. The fourth-order valence-corrected chi connectivity index (χ4v) is 6.58. The summed E-state index contributed by atoms with van der Waals surface area (Å²) in [5.74, 6) is -0.565. The second-order valence-corrected chi connectivity index (χ2v) is 12.5. The number of methoxy groups -OCH3 is 1. The number of rotatable bonds is 11. The molecule has 0 bridgehead atoms. The molecule has 214 valence electrons.